The fourth-order valence-electron chi connectivity index (χ4n) is 3.33. The molecular formula is C19H20FN3O2S. The Balaban J connectivity index is 1.44. The van der Waals surface area contributed by atoms with Gasteiger partial charge in [0.15, 0.2) is 10.8 Å². The second-order valence-corrected chi connectivity index (χ2v) is 7.35. The number of hydrogen-bond acceptors (Lipinski definition) is 5. The molecule has 7 heteroatoms. The molecule has 0 spiro atoms. The normalized spacial score (nSPS) is 18.3. The predicted octanol–water partition coefficient (Wildman–Crippen LogP) is 3.72. The van der Waals surface area contributed by atoms with Gasteiger partial charge in [-0.15, -0.1) is 11.3 Å². The van der Waals surface area contributed by atoms with Gasteiger partial charge in [-0.3, -0.25) is 9.69 Å². The Morgan fingerprint density at radius 2 is 2.31 bits per heavy atom. The summed E-state index contributed by atoms with van der Waals surface area (Å²) in [5.74, 6) is 0.484. The second-order valence-electron chi connectivity index (χ2n) is 6.49. The van der Waals surface area contributed by atoms with E-state index in [0.717, 1.165) is 30.4 Å². The zero-order chi connectivity index (χ0) is 17.9. The summed E-state index contributed by atoms with van der Waals surface area (Å²) in [5, 5.41) is 6.48. The van der Waals surface area contributed by atoms with E-state index in [1.165, 1.54) is 11.3 Å². The third kappa shape index (κ3) is 3.64. The van der Waals surface area contributed by atoms with Gasteiger partial charge in [0.1, 0.15) is 18.0 Å². The van der Waals surface area contributed by atoms with Crippen molar-refractivity contribution in [1.29, 1.82) is 0 Å². The number of aromatic nitrogens is 1. The van der Waals surface area contributed by atoms with E-state index >= 15 is 0 Å². The van der Waals surface area contributed by atoms with Gasteiger partial charge in [-0.25, -0.2) is 9.37 Å². The molecule has 0 bridgehead atoms. The lowest BCUT2D eigenvalue weighted by Gasteiger charge is -2.32. The minimum absolute atomic E-state index is 0.0409. The van der Waals surface area contributed by atoms with E-state index in [-0.39, 0.29) is 18.6 Å². The maximum Gasteiger partial charge on any atom is 0.271 e. The first-order chi connectivity index (χ1) is 12.7. The number of piperidine rings is 1. The van der Waals surface area contributed by atoms with Gasteiger partial charge in [0, 0.05) is 29.9 Å². The molecule has 4 rings (SSSR count). The first kappa shape index (κ1) is 17.2. The van der Waals surface area contributed by atoms with Crippen LogP contribution in [-0.2, 0) is 0 Å². The van der Waals surface area contributed by atoms with Crippen LogP contribution in [0.5, 0.6) is 0 Å². The van der Waals surface area contributed by atoms with Crippen molar-refractivity contribution in [2.45, 2.75) is 18.9 Å². The fraction of sp³-hybridized carbons (Fsp3) is 0.368. The van der Waals surface area contributed by atoms with E-state index in [0.29, 0.717) is 29.6 Å². The average Bonchev–Trinajstić information content (AvgIpc) is 3.29. The molecule has 0 saturated carbocycles. The highest BCUT2D eigenvalue weighted by molar-refractivity contribution is 7.13. The highest BCUT2D eigenvalue weighted by atomic mass is 32.1. The molecular weight excluding hydrogens is 353 g/mol. The molecule has 1 aromatic carbocycles. The number of nitrogens with zero attached hydrogens (tertiary/aromatic N) is 2. The number of carbonyl (C=O) groups excluding carboxylic acids is 1. The highest BCUT2D eigenvalue weighted by Gasteiger charge is 2.23. The molecule has 1 N–H and O–H groups in total. The zero-order valence-corrected chi connectivity index (χ0v) is 15.1. The number of thiazole rings is 1. The largest absolute Gasteiger partial charge is 0.454 e. The Morgan fingerprint density at radius 3 is 3.15 bits per heavy atom. The van der Waals surface area contributed by atoms with Crippen molar-refractivity contribution in [1.82, 2.24) is 15.2 Å². The fourth-order valence-corrected chi connectivity index (χ4v) is 4.08. The quantitative estimate of drug-likeness (QED) is 0.741. The molecule has 1 saturated heterocycles. The number of benzene rings is 1. The average molecular weight is 373 g/mol. The molecule has 26 heavy (non-hydrogen) atoms. The molecule has 0 aliphatic carbocycles. The van der Waals surface area contributed by atoms with Gasteiger partial charge >= 0.3 is 0 Å². The van der Waals surface area contributed by atoms with E-state index in [1.54, 1.807) is 5.38 Å². The number of carbonyl (C=O) groups is 1. The molecule has 3 heterocycles. The van der Waals surface area contributed by atoms with Gasteiger partial charge < -0.3 is 9.73 Å². The van der Waals surface area contributed by atoms with Crippen molar-refractivity contribution in [3.05, 3.63) is 41.4 Å². The van der Waals surface area contributed by atoms with Crippen LogP contribution in [0.15, 0.2) is 40.1 Å². The molecule has 0 radical (unpaired) electrons. The first-order valence-corrected chi connectivity index (χ1v) is 9.64. The number of hydrogen-bond donors (Lipinski definition) is 1. The molecule has 1 atom stereocenters. The Kier molecular flexibility index (Phi) is 4.99. The standard InChI is InChI=1S/C19H20FN3O2S/c20-7-9-23-8-3-5-14(11-23)21-18(24)15-12-26-19(22-15)17-10-13-4-1-2-6-16(13)25-17/h1-2,4,6,10,12,14H,3,5,7-9,11H2,(H,21,24). The van der Waals surface area contributed by atoms with Crippen molar-refractivity contribution in [2.24, 2.45) is 0 Å². The van der Waals surface area contributed by atoms with Gasteiger partial charge in [0.05, 0.1) is 0 Å². The lowest BCUT2D eigenvalue weighted by atomic mass is 10.1. The third-order valence-corrected chi connectivity index (χ3v) is 5.47. The Labute approximate surface area is 154 Å². The Morgan fingerprint density at radius 1 is 1.42 bits per heavy atom. The van der Waals surface area contributed by atoms with Crippen LogP contribution in [-0.4, -0.2) is 48.1 Å². The lowest BCUT2D eigenvalue weighted by Crippen LogP contribution is -2.48. The van der Waals surface area contributed by atoms with Crippen molar-refractivity contribution < 1.29 is 13.6 Å². The second kappa shape index (κ2) is 7.55. The first-order valence-electron chi connectivity index (χ1n) is 8.76. The summed E-state index contributed by atoms with van der Waals surface area (Å²) in [5.41, 5.74) is 1.20. The summed E-state index contributed by atoms with van der Waals surface area (Å²) < 4.78 is 18.3. The van der Waals surface area contributed by atoms with Crippen molar-refractivity contribution in [2.75, 3.05) is 26.3 Å². The number of alkyl halides is 1. The van der Waals surface area contributed by atoms with E-state index in [1.807, 2.05) is 30.3 Å². The van der Waals surface area contributed by atoms with Crippen LogP contribution in [0.4, 0.5) is 4.39 Å². The molecule has 1 fully saturated rings. The number of fused-ring (bicyclic) bond motifs is 1. The summed E-state index contributed by atoms with van der Waals surface area (Å²) in [7, 11) is 0. The van der Waals surface area contributed by atoms with E-state index in [4.69, 9.17) is 4.42 Å². The summed E-state index contributed by atoms with van der Waals surface area (Å²) >= 11 is 1.39. The number of furan rings is 1. The molecule has 136 valence electrons. The van der Waals surface area contributed by atoms with E-state index in [9.17, 15) is 9.18 Å². The van der Waals surface area contributed by atoms with Crippen LogP contribution >= 0.6 is 11.3 Å². The molecule has 1 aliphatic heterocycles. The van der Waals surface area contributed by atoms with Gasteiger partial charge in [-0.05, 0) is 31.5 Å². The van der Waals surface area contributed by atoms with Crippen LogP contribution in [0.2, 0.25) is 0 Å². The maximum absolute atomic E-state index is 12.5. The summed E-state index contributed by atoms with van der Waals surface area (Å²) in [6.07, 6.45) is 1.88. The number of rotatable bonds is 5. The molecule has 2 aromatic heterocycles. The minimum atomic E-state index is -0.354. The number of amides is 1. The van der Waals surface area contributed by atoms with Gasteiger partial charge in [0.25, 0.3) is 5.91 Å². The van der Waals surface area contributed by atoms with Crippen molar-refractivity contribution >= 4 is 28.2 Å². The summed E-state index contributed by atoms with van der Waals surface area (Å²) in [6, 6.07) is 9.75. The topological polar surface area (TPSA) is 58.4 Å². The summed E-state index contributed by atoms with van der Waals surface area (Å²) in [4.78, 5) is 19.0. The molecule has 3 aromatic rings. The van der Waals surface area contributed by atoms with Crippen LogP contribution in [0.3, 0.4) is 0 Å². The number of para-hydroxylation sites is 1. The minimum Gasteiger partial charge on any atom is -0.454 e. The zero-order valence-electron chi connectivity index (χ0n) is 14.3. The predicted molar refractivity (Wildman–Crippen MR) is 100 cm³/mol. The van der Waals surface area contributed by atoms with Gasteiger partial charge in [0.2, 0.25) is 0 Å². The molecule has 1 unspecified atom stereocenters. The number of likely N-dealkylation sites (tertiary alicyclic amines) is 1. The van der Waals surface area contributed by atoms with Gasteiger partial charge in [-0.2, -0.15) is 0 Å². The van der Waals surface area contributed by atoms with E-state index < -0.39 is 0 Å². The monoisotopic (exact) mass is 373 g/mol. The lowest BCUT2D eigenvalue weighted by molar-refractivity contribution is 0.0897. The summed E-state index contributed by atoms with van der Waals surface area (Å²) in [6.45, 7) is 1.66. The Hall–Kier alpha value is -2.25. The maximum atomic E-state index is 12.5. The van der Waals surface area contributed by atoms with Gasteiger partial charge in [-0.1, -0.05) is 18.2 Å². The van der Waals surface area contributed by atoms with Crippen molar-refractivity contribution in [3.8, 4) is 10.8 Å². The smallest absolute Gasteiger partial charge is 0.271 e. The van der Waals surface area contributed by atoms with Crippen LogP contribution in [0.25, 0.3) is 21.7 Å². The van der Waals surface area contributed by atoms with Crippen LogP contribution in [0.1, 0.15) is 23.3 Å². The van der Waals surface area contributed by atoms with Crippen molar-refractivity contribution in [3.63, 3.8) is 0 Å². The van der Waals surface area contributed by atoms with Crippen LogP contribution < -0.4 is 5.32 Å². The van der Waals surface area contributed by atoms with E-state index in [2.05, 4.69) is 15.2 Å². The number of halogens is 1. The third-order valence-electron chi connectivity index (χ3n) is 4.61. The SMILES string of the molecule is O=C(NC1CCCN(CCF)C1)c1csc(-c2cc3ccccc3o2)n1. The Bertz CT molecular complexity index is 872. The highest BCUT2D eigenvalue weighted by Crippen LogP contribution is 2.30. The molecule has 1 amide bonds. The molecule has 1 aliphatic rings. The van der Waals surface area contributed by atoms with Crippen LogP contribution in [0, 0.1) is 0 Å². The number of nitrogens with one attached hydrogen (secondary N) is 1. The molecule has 5 nitrogen and oxygen atoms in total.